The van der Waals surface area contributed by atoms with Gasteiger partial charge >= 0.3 is 0 Å². The zero-order chi connectivity index (χ0) is 15.2. The van der Waals surface area contributed by atoms with Crippen LogP contribution in [-0.2, 0) is 0 Å². The molecule has 0 saturated heterocycles. The van der Waals surface area contributed by atoms with Crippen LogP contribution in [0.5, 0.6) is 11.5 Å². The first-order chi connectivity index (χ1) is 10.2. The summed E-state index contributed by atoms with van der Waals surface area (Å²) in [5.74, 6) is 2.34. The Hall–Kier alpha value is -1.26. The molecule has 1 saturated carbocycles. The second-order valence-electron chi connectivity index (χ2n) is 5.88. The lowest BCUT2D eigenvalue weighted by atomic mass is 9.84. The van der Waals surface area contributed by atoms with Gasteiger partial charge in [0.05, 0.1) is 14.2 Å². The number of nitrogens with two attached hydrogens (primary N) is 1. The van der Waals surface area contributed by atoms with Crippen LogP contribution >= 0.6 is 0 Å². The summed E-state index contributed by atoms with van der Waals surface area (Å²) in [7, 11) is 3.40. The fourth-order valence-electron chi connectivity index (χ4n) is 3.30. The predicted molar refractivity (Wildman–Crippen MR) is 85.9 cm³/mol. The first-order valence-electron chi connectivity index (χ1n) is 7.87. The maximum Gasteiger partial charge on any atom is 0.123 e. The molecule has 21 heavy (non-hydrogen) atoms. The van der Waals surface area contributed by atoms with Gasteiger partial charge in [0.25, 0.3) is 0 Å². The highest BCUT2D eigenvalue weighted by Crippen LogP contribution is 2.31. The zero-order valence-electron chi connectivity index (χ0n) is 13.4. The fraction of sp³-hybridized carbons (Fsp3) is 0.647. The van der Waals surface area contributed by atoms with E-state index in [2.05, 4.69) is 18.3 Å². The first kappa shape index (κ1) is 16.1. The van der Waals surface area contributed by atoms with Gasteiger partial charge in [-0.25, -0.2) is 0 Å². The van der Waals surface area contributed by atoms with Gasteiger partial charge in [0, 0.05) is 17.6 Å². The summed E-state index contributed by atoms with van der Waals surface area (Å²) in [6.07, 6.45) is 5.03. The summed E-state index contributed by atoms with van der Waals surface area (Å²) < 4.78 is 10.8. The lowest BCUT2D eigenvalue weighted by Gasteiger charge is -2.34. The van der Waals surface area contributed by atoms with E-state index in [4.69, 9.17) is 15.2 Å². The van der Waals surface area contributed by atoms with Gasteiger partial charge < -0.3 is 20.5 Å². The van der Waals surface area contributed by atoms with Crippen LogP contribution in [0.4, 0.5) is 0 Å². The molecule has 0 spiro atoms. The van der Waals surface area contributed by atoms with Crippen molar-refractivity contribution in [2.24, 2.45) is 11.7 Å². The molecule has 3 unspecified atom stereocenters. The maximum absolute atomic E-state index is 5.93. The molecule has 1 fully saturated rings. The molecule has 0 bridgehead atoms. The lowest BCUT2D eigenvalue weighted by Crippen LogP contribution is -2.42. The Kier molecular flexibility index (Phi) is 5.88. The van der Waals surface area contributed by atoms with Gasteiger partial charge in [-0.15, -0.1) is 0 Å². The minimum absolute atomic E-state index is 0.215. The van der Waals surface area contributed by atoms with Crippen molar-refractivity contribution in [1.82, 2.24) is 5.32 Å². The number of hydrogen-bond donors (Lipinski definition) is 2. The smallest absolute Gasteiger partial charge is 0.123 e. The Morgan fingerprint density at radius 3 is 2.67 bits per heavy atom. The summed E-state index contributed by atoms with van der Waals surface area (Å²) in [6.45, 7) is 2.94. The van der Waals surface area contributed by atoms with Crippen LogP contribution in [0.2, 0.25) is 0 Å². The standard InChI is InChI=1S/C17H28N2O2/c1-12(19-16-7-5-4-6-13(16)11-18)15-10-14(20-2)8-9-17(15)21-3/h8-10,12-13,16,19H,4-7,11,18H2,1-3H3. The van der Waals surface area contributed by atoms with Crippen molar-refractivity contribution in [3.05, 3.63) is 23.8 Å². The molecule has 0 aromatic heterocycles. The molecule has 4 nitrogen and oxygen atoms in total. The summed E-state index contributed by atoms with van der Waals surface area (Å²) in [4.78, 5) is 0. The molecule has 1 aliphatic rings. The molecule has 0 heterocycles. The Balaban J connectivity index is 2.13. The van der Waals surface area contributed by atoms with E-state index in [1.807, 2.05) is 12.1 Å². The highest BCUT2D eigenvalue weighted by Gasteiger charge is 2.26. The number of benzene rings is 1. The van der Waals surface area contributed by atoms with Crippen molar-refractivity contribution < 1.29 is 9.47 Å². The molecule has 1 aromatic carbocycles. The molecule has 1 aliphatic carbocycles. The van der Waals surface area contributed by atoms with Gasteiger partial charge in [-0.2, -0.15) is 0 Å². The monoisotopic (exact) mass is 292 g/mol. The molecule has 0 aliphatic heterocycles. The maximum atomic E-state index is 5.93. The van der Waals surface area contributed by atoms with Crippen molar-refractivity contribution in [2.75, 3.05) is 20.8 Å². The number of methoxy groups -OCH3 is 2. The van der Waals surface area contributed by atoms with Crippen LogP contribution < -0.4 is 20.5 Å². The van der Waals surface area contributed by atoms with Crippen LogP contribution in [0.15, 0.2) is 18.2 Å². The Bertz CT molecular complexity index is 450. The number of nitrogens with one attached hydrogen (secondary N) is 1. The SMILES string of the molecule is COc1ccc(OC)c(C(C)NC2CCCCC2CN)c1. The van der Waals surface area contributed by atoms with Crippen LogP contribution in [-0.4, -0.2) is 26.8 Å². The highest BCUT2D eigenvalue weighted by atomic mass is 16.5. The molecule has 3 atom stereocenters. The van der Waals surface area contributed by atoms with Crippen LogP contribution in [0.1, 0.15) is 44.2 Å². The van der Waals surface area contributed by atoms with E-state index in [0.717, 1.165) is 23.6 Å². The van der Waals surface area contributed by atoms with Crippen molar-refractivity contribution in [3.8, 4) is 11.5 Å². The van der Waals surface area contributed by atoms with Crippen molar-refractivity contribution in [3.63, 3.8) is 0 Å². The molecule has 3 N–H and O–H groups in total. The molecular formula is C17H28N2O2. The quantitative estimate of drug-likeness (QED) is 0.846. The van der Waals surface area contributed by atoms with Crippen LogP contribution in [0.25, 0.3) is 0 Å². The largest absolute Gasteiger partial charge is 0.497 e. The van der Waals surface area contributed by atoms with E-state index in [0.29, 0.717) is 12.0 Å². The third-order valence-electron chi connectivity index (χ3n) is 4.58. The van der Waals surface area contributed by atoms with E-state index in [1.54, 1.807) is 14.2 Å². The molecular weight excluding hydrogens is 264 g/mol. The van der Waals surface area contributed by atoms with Gasteiger partial charge in [0.1, 0.15) is 11.5 Å². The summed E-state index contributed by atoms with van der Waals surface area (Å²) >= 11 is 0. The zero-order valence-corrected chi connectivity index (χ0v) is 13.4. The topological polar surface area (TPSA) is 56.5 Å². The minimum Gasteiger partial charge on any atom is -0.497 e. The second kappa shape index (κ2) is 7.66. The van der Waals surface area contributed by atoms with E-state index in [-0.39, 0.29) is 6.04 Å². The van der Waals surface area contributed by atoms with Gasteiger partial charge in [-0.1, -0.05) is 12.8 Å². The highest BCUT2D eigenvalue weighted by molar-refractivity contribution is 5.42. The third kappa shape index (κ3) is 3.89. The first-order valence-corrected chi connectivity index (χ1v) is 7.87. The van der Waals surface area contributed by atoms with Gasteiger partial charge in [0.2, 0.25) is 0 Å². The van der Waals surface area contributed by atoms with Gasteiger partial charge in [0.15, 0.2) is 0 Å². The summed E-state index contributed by atoms with van der Waals surface area (Å²) in [5.41, 5.74) is 7.06. The average molecular weight is 292 g/mol. The second-order valence-corrected chi connectivity index (χ2v) is 5.88. The third-order valence-corrected chi connectivity index (χ3v) is 4.58. The van der Waals surface area contributed by atoms with Gasteiger partial charge in [-0.3, -0.25) is 0 Å². The molecule has 2 rings (SSSR count). The Morgan fingerprint density at radius 2 is 2.00 bits per heavy atom. The van der Waals surface area contributed by atoms with Crippen LogP contribution in [0.3, 0.4) is 0 Å². The van der Waals surface area contributed by atoms with Crippen molar-refractivity contribution in [1.29, 1.82) is 0 Å². The molecule has 4 heteroatoms. The number of rotatable bonds is 6. The van der Waals surface area contributed by atoms with Crippen LogP contribution in [0, 0.1) is 5.92 Å². The average Bonchev–Trinajstić information content (AvgIpc) is 2.54. The molecule has 118 valence electrons. The van der Waals surface area contributed by atoms with Crippen molar-refractivity contribution >= 4 is 0 Å². The summed E-state index contributed by atoms with van der Waals surface area (Å²) in [6, 6.07) is 6.66. The fourth-order valence-corrected chi connectivity index (χ4v) is 3.30. The lowest BCUT2D eigenvalue weighted by molar-refractivity contribution is 0.250. The Labute approximate surface area is 128 Å². The Morgan fingerprint density at radius 1 is 1.24 bits per heavy atom. The number of ether oxygens (including phenoxy) is 2. The van der Waals surface area contributed by atoms with Gasteiger partial charge in [-0.05, 0) is 50.4 Å². The molecule has 0 radical (unpaired) electrons. The summed E-state index contributed by atoms with van der Waals surface area (Å²) in [5, 5.41) is 3.75. The predicted octanol–water partition coefficient (Wildman–Crippen LogP) is 2.87. The van der Waals surface area contributed by atoms with Crippen molar-refractivity contribution in [2.45, 2.75) is 44.7 Å². The van der Waals surface area contributed by atoms with E-state index in [1.165, 1.54) is 25.7 Å². The van der Waals surface area contributed by atoms with E-state index in [9.17, 15) is 0 Å². The number of hydrogen-bond acceptors (Lipinski definition) is 4. The minimum atomic E-state index is 0.215. The molecule has 1 aromatic rings. The van der Waals surface area contributed by atoms with E-state index < -0.39 is 0 Å². The van der Waals surface area contributed by atoms with E-state index >= 15 is 0 Å². The normalized spacial score (nSPS) is 23.6. The molecule has 0 amide bonds.